The number of carbonyl (C=O) groups is 1. The summed E-state index contributed by atoms with van der Waals surface area (Å²) in [5.74, 6) is 0.248. The molecule has 0 aliphatic carbocycles. The van der Waals surface area contributed by atoms with E-state index >= 15 is 0 Å². The Morgan fingerprint density at radius 3 is 2.93 bits per heavy atom. The first-order valence-corrected chi connectivity index (χ1v) is 5.57. The van der Waals surface area contributed by atoms with Crippen molar-refractivity contribution in [2.24, 2.45) is 0 Å². The molecule has 3 heteroatoms. The van der Waals surface area contributed by atoms with E-state index in [2.05, 4.69) is 5.32 Å². The Morgan fingerprint density at radius 2 is 2.27 bits per heavy atom. The minimum Gasteiger partial charge on any atom is -0.317 e. The molecule has 0 aliphatic rings. The second kappa shape index (κ2) is 6.59. The van der Waals surface area contributed by atoms with Crippen molar-refractivity contribution in [1.29, 1.82) is 0 Å². The van der Waals surface area contributed by atoms with Gasteiger partial charge in [0.1, 0.15) is 5.78 Å². The fraction of sp³-hybridized carbons (Fsp3) is 0.417. The second-order valence-corrected chi connectivity index (χ2v) is 3.89. The van der Waals surface area contributed by atoms with Crippen molar-refractivity contribution < 1.29 is 4.79 Å². The van der Waals surface area contributed by atoms with Crippen LogP contribution in [0.1, 0.15) is 18.9 Å². The number of halogens is 1. The maximum atomic E-state index is 11.5. The standard InChI is InChI=1S/C12H16ClNO/c1-2-14-7-6-12(15)9-10-4-3-5-11(13)8-10/h3-5,8,14H,2,6-7,9H2,1H3. The molecule has 1 rings (SSSR count). The number of hydrogen-bond donors (Lipinski definition) is 1. The normalized spacial score (nSPS) is 10.3. The number of Topliss-reactive ketones (excluding diaryl/α,β-unsaturated/α-hetero) is 1. The van der Waals surface area contributed by atoms with Crippen molar-refractivity contribution in [2.75, 3.05) is 13.1 Å². The molecule has 0 bridgehead atoms. The van der Waals surface area contributed by atoms with Crippen LogP contribution >= 0.6 is 11.6 Å². The van der Waals surface area contributed by atoms with Gasteiger partial charge >= 0.3 is 0 Å². The number of hydrogen-bond acceptors (Lipinski definition) is 2. The van der Waals surface area contributed by atoms with Gasteiger partial charge in [-0.1, -0.05) is 30.7 Å². The quantitative estimate of drug-likeness (QED) is 0.754. The van der Waals surface area contributed by atoms with Crippen LogP contribution in [0.4, 0.5) is 0 Å². The molecule has 0 aliphatic heterocycles. The van der Waals surface area contributed by atoms with Gasteiger partial charge in [-0.05, 0) is 24.2 Å². The lowest BCUT2D eigenvalue weighted by atomic mass is 10.1. The molecule has 15 heavy (non-hydrogen) atoms. The number of nitrogens with one attached hydrogen (secondary N) is 1. The molecule has 0 radical (unpaired) electrons. The first-order chi connectivity index (χ1) is 7.22. The molecule has 0 atom stereocenters. The van der Waals surface area contributed by atoms with E-state index in [9.17, 15) is 4.79 Å². The number of carbonyl (C=O) groups excluding carboxylic acids is 1. The summed E-state index contributed by atoms with van der Waals surface area (Å²) in [5, 5.41) is 3.82. The van der Waals surface area contributed by atoms with Crippen molar-refractivity contribution in [1.82, 2.24) is 5.32 Å². The van der Waals surface area contributed by atoms with Gasteiger partial charge in [-0.25, -0.2) is 0 Å². The van der Waals surface area contributed by atoms with Crippen molar-refractivity contribution >= 4 is 17.4 Å². The predicted octanol–water partition coefficient (Wildman–Crippen LogP) is 2.45. The maximum Gasteiger partial charge on any atom is 0.138 e. The summed E-state index contributed by atoms with van der Waals surface area (Å²) in [6.07, 6.45) is 1.06. The topological polar surface area (TPSA) is 29.1 Å². The summed E-state index contributed by atoms with van der Waals surface area (Å²) < 4.78 is 0. The highest BCUT2D eigenvalue weighted by molar-refractivity contribution is 6.30. The molecule has 0 spiro atoms. The van der Waals surface area contributed by atoms with Crippen LogP contribution in [0.3, 0.4) is 0 Å². The summed E-state index contributed by atoms with van der Waals surface area (Å²) in [4.78, 5) is 11.5. The van der Waals surface area contributed by atoms with E-state index < -0.39 is 0 Å². The van der Waals surface area contributed by atoms with Crippen LogP contribution in [-0.2, 0) is 11.2 Å². The van der Waals surface area contributed by atoms with Gasteiger partial charge in [0.2, 0.25) is 0 Å². The third kappa shape index (κ3) is 4.96. The number of ketones is 1. The molecule has 0 amide bonds. The van der Waals surface area contributed by atoms with Gasteiger partial charge in [0.15, 0.2) is 0 Å². The zero-order valence-corrected chi connectivity index (χ0v) is 9.68. The highest BCUT2D eigenvalue weighted by atomic mass is 35.5. The van der Waals surface area contributed by atoms with Crippen LogP contribution in [-0.4, -0.2) is 18.9 Å². The lowest BCUT2D eigenvalue weighted by molar-refractivity contribution is -0.118. The maximum absolute atomic E-state index is 11.5. The molecule has 0 heterocycles. The fourth-order valence-corrected chi connectivity index (χ4v) is 1.58. The Labute approximate surface area is 95.6 Å². The zero-order chi connectivity index (χ0) is 11.1. The van der Waals surface area contributed by atoms with Gasteiger partial charge in [0.05, 0.1) is 0 Å². The van der Waals surface area contributed by atoms with Crippen molar-refractivity contribution in [3.05, 3.63) is 34.9 Å². The number of benzene rings is 1. The lowest BCUT2D eigenvalue weighted by Gasteiger charge is -2.02. The van der Waals surface area contributed by atoms with Gasteiger partial charge in [0, 0.05) is 24.4 Å². The van der Waals surface area contributed by atoms with E-state index in [1.165, 1.54) is 0 Å². The molecule has 0 fully saturated rings. The summed E-state index contributed by atoms with van der Waals surface area (Å²) in [6, 6.07) is 7.45. The SMILES string of the molecule is CCNCCC(=O)Cc1cccc(Cl)c1. The van der Waals surface area contributed by atoms with Gasteiger partial charge in [-0.2, -0.15) is 0 Å². The molecule has 1 N–H and O–H groups in total. The Hall–Kier alpha value is -0.860. The molecule has 82 valence electrons. The van der Waals surface area contributed by atoms with E-state index in [-0.39, 0.29) is 5.78 Å². The minimum atomic E-state index is 0.248. The average molecular weight is 226 g/mol. The van der Waals surface area contributed by atoms with Gasteiger partial charge < -0.3 is 5.32 Å². The third-order valence-corrected chi connectivity index (χ3v) is 2.36. The van der Waals surface area contributed by atoms with E-state index in [1.807, 2.05) is 31.2 Å². The van der Waals surface area contributed by atoms with Crippen molar-refractivity contribution in [3.8, 4) is 0 Å². The van der Waals surface area contributed by atoms with E-state index in [1.54, 1.807) is 0 Å². The smallest absolute Gasteiger partial charge is 0.138 e. The molecule has 0 aromatic heterocycles. The van der Waals surface area contributed by atoms with Crippen LogP contribution in [0, 0.1) is 0 Å². The fourth-order valence-electron chi connectivity index (χ4n) is 1.37. The van der Waals surface area contributed by atoms with Crippen molar-refractivity contribution in [3.63, 3.8) is 0 Å². The average Bonchev–Trinajstić information content (AvgIpc) is 2.18. The first-order valence-electron chi connectivity index (χ1n) is 5.19. The molecule has 0 unspecified atom stereocenters. The summed E-state index contributed by atoms with van der Waals surface area (Å²) >= 11 is 5.83. The molecule has 2 nitrogen and oxygen atoms in total. The summed E-state index contributed by atoms with van der Waals surface area (Å²) in [6.45, 7) is 3.70. The Bertz CT molecular complexity index is 325. The van der Waals surface area contributed by atoms with Gasteiger partial charge in [0.25, 0.3) is 0 Å². The Kier molecular flexibility index (Phi) is 5.37. The highest BCUT2D eigenvalue weighted by Gasteiger charge is 2.03. The second-order valence-electron chi connectivity index (χ2n) is 3.45. The molecule has 1 aromatic rings. The molecule has 1 aromatic carbocycles. The van der Waals surface area contributed by atoms with E-state index in [0.717, 1.165) is 18.7 Å². The van der Waals surface area contributed by atoms with Crippen molar-refractivity contribution in [2.45, 2.75) is 19.8 Å². The van der Waals surface area contributed by atoms with Gasteiger partial charge in [-0.3, -0.25) is 4.79 Å². The van der Waals surface area contributed by atoms with Crippen LogP contribution in [0.2, 0.25) is 5.02 Å². The van der Waals surface area contributed by atoms with Gasteiger partial charge in [-0.15, -0.1) is 0 Å². The first kappa shape index (κ1) is 12.2. The minimum absolute atomic E-state index is 0.248. The van der Waals surface area contributed by atoms with Crippen LogP contribution in [0.5, 0.6) is 0 Å². The summed E-state index contributed by atoms with van der Waals surface area (Å²) in [5.41, 5.74) is 0.990. The monoisotopic (exact) mass is 225 g/mol. The van der Waals surface area contributed by atoms with Crippen LogP contribution < -0.4 is 5.32 Å². The zero-order valence-electron chi connectivity index (χ0n) is 8.92. The number of rotatable bonds is 6. The van der Waals surface area contributed by atoms with Crippen LogP contribution in [0.15, 0.2) is 24.3 Å². The van der Waals surface area contributed by atoms with Crippen LogP contribution in [0.25, 0.3) is 0 Å². The lowest BCUT2D eigenvalue weighted by Crippen LogP contribution is -2.18. The molecular weight excluding hydrogens is 210 g/mol. The highest BCUT2D eigenvalue weighted by Crippen LogP contribution is 2.11. The molecule has 0 saturated heterocycles. The largest absolute Gasteiger partial charge is 0.317 e. The molecule has 0 saturated carbocycles. The van der Waals surface area contributed by atoms with E-state index in [0.29, 0.717) is 17.9 Å². The Balaban J connectivity index is 2.37. The molecular formula is C12H16ClNO. The Morgan fingerprint density at radius 1 is 1.47 bits per heavy atom. The van der Waals surface area contributed by atoms with E-state index in [4.69, 9.17) is 11.6 Å². The summed E-state index contributed by atoms with van der Waals surface area (Å²) in [7, 11) is 0. The third-order valence-electron chi connectivity index (χ3n) is 2.12. The predicted molar refractivity (Wildman–Crippen MR) is 63.3 cm³/mol.